The maximum Gasteiger partial charge on any atom is 0.385 e. The maximum atomic E-state index is 11.2. The van der Waals surface area contributed by atoms with E-state index in [1.165, 1.54) is 18.0 Å². The lowest BCUT2D eigenvalue weighted by Crippen LogP contribution is -2.13. The van der Waals surface area contributed by atoms with Crippen LogP contribution < -0.4 is 0 Å². The van der Waals surface area contributed by atoms with Crippen molar-refractivity contribution in [3.63, 3.8) is 0 Å². The molecule has 0 N–H and O–H groups in total. The molecule has 0 fully saturated rings. The molecule has 0 saturated carbocycles. The van der Waals surface area contributed by atoms with Crippen molar-refractivity contribution in [2.24, 2.45) is 7.05 Å². The van der Waals surface area contributed by atoms with Crippen LogP contribution in [0.5, 0.6) is 0 Å². The van der Waals surface area contributed by atoms with Gasteiger partial charge in [0.05, 0.1) is 6.42 Å². The number of nitro groups is 1. The van der Waals surface area contributed by atoms with Crippen LogP contribution in [-0.2, 0) is 23.0 Å². The summed E-state index contributed by atoms with van der Waals surface area (Å²) in [6.07, 6.45) is 1.27. The summed E-state index contributed by atoms with van der Waals surface area (Å²) in [5.74, 6) is -0.494. The number of hydrogen-bond donors (Lipinski definition) is 0. The second-order valence-corrected chi connectivity index (χ2v) is 3.03. The first-order chi connectivity index (χ1) is 7.06. The van der Waals surface area contributed by atoms with E-state index in [1.54, 1.807) is 7.05 Å². The molecule has 0 bridgehead atoms. The standard InChI is InChI=1S/C8H11N3O4/c1-10-5-9-8(11(13)14)7(10)3-6(12)4-15-2/h5H,3-4H2,1-2H3. The van der Waals surface area contributed by atoms with E-state index in [1.807, 2.05) is 0 Å². The minimum absolute atomic E-state index is 0.0410. The lowest BCUT2D eigenvalue weighted by atomic mass is 10.2. The predicted octanol–water partition coefficient (Wildman–Crippen LogP) is 0.0863. The Morgan fingerprint density at radius 3 is 2.93 bits per heavy atom. The van der Waals surface area contributed by atoms with Gasteiger partial charge in [-0.05, 0) is 9.91 Å². The normalized spacial score (nSPS) is 10.3. The van der Waals surface area contributed by atoms with Gasteiger partial charge in [0.15, 0.2) is 5.78 Å². The third-order valence-electron chi connectivity index (χ3n) is 1.88. The SMILES string of the molecule is COCC(=O)Cc1c([N+](=O)[O-])ncn1C. The zero-order valence-electron chi connectivity index (χ0n) is 8.47. The Hall–Kier alpha value is -1.76. The molecule has 0 saturated heterocycles. The summed E-state index contributed by atoms with van der Waals surface area (Å²) in [4.78, 5) is 24.8. The summed E-state index contributed by atoms with van der Waals surface area (Å²) in [6, 6.07) is 0. The molecule has 0 spiro atoms. The molecular formula is C8H11N3O4. The number of carbonyl (C=O) groups is 1. The number of ether oxygens (including phenoxy) is 1. The third kappa shape index (κ3) is 2.59. The molecule has 1 heterocycles. The molecule has 1 rings (SSSR count). The van der Waals surface area contributed by atoms with Crippen LogP contribution in [0.2, 0.25) is 0 Å². The maximum absolute atomic E-state index is 11.2. The molecule has 0 unspecified atom stereocenters. The van der Waals surface area contributed by atoms with Crippen LogP contribution in [0.25, 0.3) is 0 Å². The van der Waals surface area contributed by atoms with Crippen molar-refractivity contribution in [2.45, 2.75) is 6.42 Å². The van der Waals surface area contributed by atoms with Gasteiger partial charge in [-0.3, -0.25) is 4.79 Å². The van der Waals surface area contributed by atoms with Crippen LogP contribution in [0.4, 0.5) is 5.82 Å². The Bertz CT molecular complexity index is 385. The van der Waals surface area contributed by atoms with Gasteiger partial charge in [0.25, 0.3) is 0 Å². The Morgan fingerprint density at radius 2 is 2.40 bits per heavy atom. The fourth-order valence-corrected chi connectivity index (χ4v) is 1.20. The highest BCUT2D eigenvalue weighted by Crippen LogP contribution is 2.15. The highest BCUT2D eigenvalue weighted by molar-refractivity contribution is 5.82. The number of Topliss-reactive ketones (excluding diaryl/α,β-unsaturated/α-hetero) is 1. The Morgan fingerprint density at radius 1 is 1.73 bits per heavy atom. The summed E-state index contributed by atoms with van der Waals surface area (Å²) < 4.78 is 6.11. The van der Waals surface area contributed by atoms with Crippen molar-refractivity contribution >= 4 is 11.6 Å². The number of methoxy groups -OCH3 is 1. The van der Waals surface area contributed by atoms with Gasteiger partial charge in [0, 0.05) is 14.2 Å². The van der Waals surface area contributed by atoms with Gasteiger partial charge >= 0.3 is 5.82 Å². The molecule has 0 amide bonds. The molecule has 82 valence electrons. The van der Waals surface area contributed by atoms with Crippen LogP contribution in [0, 0.1) is 10.1 Å². The first-order valence-corrected chi connectivity index (χ1v) is 4.21. The van der Waals surface area contributed by atoms with Gasteiger partial charge < -0.3 is 19.4 Å². The van der Waals surface area contributed by atoms with Gasteiger partial charge in [-0.25, -0.2) is 0 Å². The molecular weight excluding hydrogens is 202 g/mol. The second-order valence-electron chi connectivity index (χ2n) is 3.03. The minimum atomic E-state index is -0.602. The second kappa shape index (κ2) is 4.65. The first-order valence-electron chi connectivity index (χ1n) is 4.21. The quantitative estimate of drug-likeness (QED) is 0.510. The number of imidazole rings is 1. The third-order valence-corrected chi connectivity index (χ3v) is 1.88. The molecule has 7 nitrogen and oxygen atoms in total. The summed E-state index contributed by atoms with van der Waals surface area (Å²) in [5, 5.41) is 10.6. The van der Waals surface area contributed by atoms with Gasteiger partial charge in [-0.1, -0.05) is 0 Å². The summed E-state index contributed by atoms with van der Waals surface area (Å²) in [6.45, 7) is -0.0532. The number of aromatic nitrogens is 2. The van der Waals surface area contributed by atoms with E-state index in [4.69, 9.17) is 0 Å². The largest absolute Gasteiger partial charge is 0.385 e. The zero-order chi connectivity index (χ0) is 11.4. The Labute approximate surface area is 85.8 Å². The molecule has 1 aromatic rings. The smallest absolute Gasteiger partial charge is 0.377 e. The van der Waals surface area contributed by atoms with Crippen LogP contribution in [0.1, 0.15) is 5.69 Å². The van der Waals surface area contributed by atoms with E-state index >= 15 is 0 Å². The van der Waals surface area contributed by atoms with Crippen molar-refractivity contribution < 1.29 is 14.5 Å². The minimum Gasteiger partial charge on any atom is -0.377 e. The van der Waals surface area contributed by atoms with Gasteiger partial charge in [-0.2, -0.15) is 0 Å². The van der Waals surface area contributed by atoms with Gasteiger partial charge in [-0.15, -0.1) is 0 Å². The summed E-state index contributed by atoms with van der Waals surface area (Å²) >= 11 is 0. The first kappa shape index (κ1) is 11.3. The summed E-state index contributed by atoms with van der Waals surface area (Å²) in [5.41, 5.74) is 0.294. The fraction of sp³-hybridized carbons (Fsp3) is 0.500. The molecule has 0 atom stereocenters. The fourth-order valence-electron chi connectivity index (χ4n) is 1.20. The van der Waals surface area contributed by atoms with Crippen molar-refractivity contribution in [2.75, 3.05) is 13.7 Å². The highest BCUT2D eigenvalue weighted by atomic mass is 16.6. The van der Waals surface area contributed by atoms with E-state index in [9.17, 15) is 14.9 Å². The lowest BCUT2D eigenvalue weighted by Gasteiger charge is -2.00. The number of nitrogens with zero attached hydrogens (tertiary/aromatic N) is 3. The predicted molar refractivity (Wildman–Crippen MR) is 50.4 cm³/mol. The monoisotopic (exact) mass is 213 g/mol. The van der Waals surface area contributed by atoms with E-state index in [2.05, 4.69) is 9.72 Å². The van der Waals surface area contributed by atoms with Crippen LogP contribution in [0.3, 0.4) is 0 Å². The molecule has 0 aromatic carbocycles. The van der Waals surface area contributed by atoms with Crippen molar-refractivity contribution in [3.05, 3.63) is 22.1 Å². The zero-order valence-corrected chi connectivity index (χ0v) is 8.47. The molecule has 0 aliphatic heterocycles. The van der Waals surface area contributed by atoms with Gasteiger partial charge in [0.1, 0.15) is 12.3 Å². The van der Waals surface area contributed by atoms with Crippen LogP contribution >= 0.6 is 0 Å². The van der Waals surface area contributed by atoms with E-state index in [0.717, 1.165) is 0 Å². The lowest BCUT2D eigenvalue weighted by molar-refractivity contribution is -0.390. The van der Waals surface area contributed by atoms with Crippen molar-refractivity contribution in [1.82, 2.24) is 9.55 Å². The Balaban J connectivity index is 2.88. The molecule has 7 heteroatoms. The number of ketones is 1. The average Bonchev–Trinajstić information content (AvgIpc) is 2.48. The van der Waals surface area contributed by atoms with Crippen LogP contribution in [0.15, 0.2) is 6.33 Å². The molecule has 0 aliphatic rings. The van der Waals surface area contributed by atoms with E-state index in [-0.39, 0.29) is 24.6 Å². The van der Waals surface area contributed by atoms with Gasteiger partial charge in [0.2, 0.25) is 6.33 Å². The molecule has 1 aromatic heterocycles. The van der Waals surface area contributed by atoms with Crippen molar-refractivity contribution in [1.29, 1.82) is 0 Å². The molecule has 15 heavy (non-hydrogen) atoms. The summed E-state index contributed by atoms with van der Waals surface area (Å²) in [7, 11) is 3.00. The molecule has 0 aliphatic carbocycles. The average molecular weight is 213 g/mol. The number of hydrogen-bond acceptors (Lipinski definition) is 5. The Kier molecular flexibility index (Phi) is 3.51. The number of rotatable bonds is 5. The number of aryl methyl sites for hydroxylation is 1. The van der Waals surface area contributed by atoms with Crippen molar-refractivity contribution in [3.8, 4) is 0 Å². The number of carbonyl (C=O) groups excluding carboxylic acids is 1. The highest BCUT2D eigenvalue weighted by Gasteiger charge is 2.21. The van der Waals surface area contributed by atoms with E-state index in [0.29, 0.717) is 5.69 Å². The van der Waals surface area contributed by atoms with E-state index < -0.39 is 4.92 Å². The van der Waals surface area contributed by atoms with Crippen LogP contribution in [-0.4, -0.2) is 34.0 Å². The topological polar surface area (TPSA) is 87.3 Å². The molecule has 0 radical (unpaired) electrons.